The van der Waals surface area contributed by atoms with E-state index in [1.165, 1.54) is 83.5 Å². The predicted octanol–water partition coefficient (Wildman–Crippen LogP) is 9.50. The van der Waals surface area contributed by atoms with Gasteiger partial charge in [0.2, 0.25) is 0 Å². The number of Topliss-reactive ketones (excluding diaryl/α,β-unsaturated/α-hetero) is 1. The molecule has 1 saturated carbocycles. The molecule has 1 nitrogen and oxygen atoms in total. The summed E-state index contributed by atoms with van der Waals surface area (Å²) in [5, 5.41) is 0. The van der Waals surface area contributed by atoms with Crippen LogP contribution >= 0.6 is 0 Å². The molecule has 0 N–H and O–H groups in total. The van der Waals surface area contributed by atoms with Gasteiger partial charge in [0, 0.05) is 11.1 Å². The second-order valence-corrected chi connectivity index (χ2v) is 9.85. The number of halogens is 1. The third-order valence-corrected chi connectivity index (χ3v) is 7.38. The molecule has 0 saturated heterocycles. The van der Waals surface area contributed by atoms with Crippen LogP contribution in [0.1, 0.15) is 119 Å². The van der Waals surface area contributed by atoms with Gasteiger partial charge >= 0.3 is 0 Å². The molecule has 174 valence electrons. The minimum atomic E-state index is -0.154. The molecule has 3 rings (SSSR count). The van der Waals surface area contributed by atoms with Crippen LogP contribution in [0.25, 0.3) is 11.1 Å². The van der Waals surface area contributed by atoms with E-state index in [0.29, 0.717) is 17.0 Å². The molecular weight excluding hydrogens is 395 g/mol. The first kappa shape index (κ1) is 24.7. The highest BCUT2D eigenvalue weighted by Crippen LogP contribution is 2.39. The summed E-state index contributed by atoms with van der Waals surface area (Å²) in [5.41, 5.74) is 3.26. The minimum absolute atomic E-state index is 0.0328. The van der Waals surface area contributed by atoms with Crippen molar-refractivity contribution in [2.24, 2.45) is 5.92 Å². The summed E-state index contributed by atoms with van der Waals surface area (Å²) < 4.78 is 14.9. The number of ketones is 1. The van der Waals surface area contributed by atoms with Gasteiger partial charge in [-0.1, -0.05) is 101 Å². The van der Waals surface area contributed by atoms with Gasteiger partial charge in [-0.3, -0.25) is 4.79 Å². The first-order chi connectivity index (χ1) is 15.6. The molecular formula is C30H41FO. The minimum Gasteiger partial charge on any atom is -0.295 e. The van der Waals surface area contributed by atoms with Crippen molar-refractivity contribution in [2.45, 2.75) is 103 Å². The molecule has 0 spiro atoms. The lowest BCUT2D eigenvalue weighted by atomic mass is 9.77. The van der Waals surface area contributed by atoms with Crippen LogP contribution in [0.5, 0.6) is 0 Å². The molecule has 0 bridgehead atoms. The Morgan fingerprint density at radius 3 is 2.06 bits per heavy atom. The van der Waals surface area contributed by atoms with Gasteiger partial charge in [-0.2, -0.15) is 0 Å². The second kappa shape index (κ2) is 12.9. The third kappa shape index (κ3) is 7.29. The Labute approximate surface area is 194 Å². The number of carbonyl (C=O) groups excluding carboxylic acids is 1. The zero-order chi connectivity index (χ0) is 22.8. The van der Waals surface area contributed by atoms with Crippen LogP contribution in [0.4, 0.5) is 4.39 Å². The standard InChI is InChI=1S/C30H41FO/c1-3-4-5-6-7-8-9-10-11-24-12-14-26(15-13-24)28-20-21-29(30(31)22-28)27-18-16-25(17-19-27)23(2)32/h16-22,24,26H,3-15H2,1-2H3. The van der Waals surface area contributed by atoms with Gasteiger partial charge in [0.25, 0.3) is 0 Å². The molecule has 0 amide bonds. The summed E-state index contributed by atoms with van der Waals surface area (Å²) in [6, 6.07) is 13.0. The van der Waals surface area contributed by atoms with Crippen molar-refractivity contribution in [3.63, 3.8) is 0 Å². The van der Waals surface area contributed by atoms with E-state index in [1.807, 2.05) is 18.2 Å². The first-order valence-electron chi connectivity index (χ1n) is 13.0. The molecule has 0 aromatic heterocycles. The summed E-state index contributed by atoms with van der Waals surface area (Å²) in [5.74, 6) is 1.24. The molecule has 1 aliphatic rings. The average molecular weight is 437 g/mol. The molecule has 2 aromatic carbocycles. The van der Waals surface area contributed by atoms with Gasteiger partial charge in [-0.05, 0) is 61.6 Å². The maximum Gasteiger partial charge on any atom is 0.159 e. The van der Waals surface area contributed by atoms with Crippen molar-refractivity contribution < 1.29 is 9.18 Å². The summed E-state index contributed by atoms with van der Waals surface area (Å²) in [6.45, 7) is 3.83. The molecule has 2 heteroatoms. The van der Waals surface area contributed by atoms with E-state index in [4.69, 9.17) is 0 Å². The van der Waals surface area contributed by atoms with Gasteiger partial charge in [0.15, 0.2) is 5.78 Å². The fourth-order valence-electron chi connectivity index (χ4n) is 5.26. The van der Waals surface area contributed by atoms with E-state index in [2.05, 4.69) is 13.0 Å². The molecule has 0 aliphatic heterocycles. The van der Waals surface area contributed by atoms with Crippen LogP contribution in [0, 0.1) is 11.7 Å². The van der Waals surface area contributed by atoms with E-state index >= 15 is 0 Å². The quantitative estimate of drug-likeness (QED) is 0.239. The van der Waals surface area contributed by atoms with Gasteiger partial charge in [-0.15, -0.1) is 0 Å². The first-order valence-corrected chi connectivity index (χ1v) is 13.0. The fraction of sp³-hybridized carbons (Fsp3) is 0.567. The van der Waals surface area contributed by atoms with E-state index in [9.17, 15) is 9.18 Å². The van der Waals surface area contributed by atoms with E-state index in [1.54, 1.807) is 25.1 Å². The third-order valence-electron chi connectivity index (χ3n) is 7.38. The SMILES string of the molecule is CCCCCCCCCCC1CCC(c2ccc(-c3ccc(C(C)=O)cc3)c(F)c2)CC1. The number of rotatable bonds is 12. The number of unbranched alkanes of at least 4 members (excludes halogenated alkanes) is 7. The van der Waals surface area contributed by atoms with Crippen LogP contribution in [0.2, 0.25) is 0 Å². The second-order valence-electron chi connectivity index (χ2n) is 9.85. The van der Waals surface area contributed by atoms with Crippen LogP contribution in [-0.4, -0.2) is 5.78 Å². The summed E-state index contributed by atoms with van der Waals surface area (Å²) >= 11 is 0. The van der Waals surface area contributed by atoms with E-state index in [-0.39, 0.29) is 11.6 Å². The topological polar surface area (TPSA) is 17.1 Å². The number of benzene rings is 2. The predicted molar refractivity (Wildman–Crippen MR) is 134 cm³/mol. The van der Waals surface area contributed by atoms with E-state index in [0.717, 1.165) is 17.0 Å². The normalized spacial score (nSPS) is 18.6. The number of hydrogen-bond donors (Lipinski definition) is 0. The van der Waals surface area contributed by atoms with Crippen LogP contribution in [0.3, 0.4) is 0 Å². The summed E-state index contributed by atoms with van der Waals surface area (Å²) in [4.78, 5) is 11.5. The number of carbonyl (C=O) groups is 1. The van der Waals surface area contributed by atoms with Crippen molar-refractivity contribution in [1.82, 2.24) is 0 Å². The van der Waals surface area contributed by atoms with Gasteiger partial charge < -0.3 is 0 Å². The Morgan fingerprint density at radius 2 is 1.47 bits per heavy atom. The fourth-order valence-corrected chi connectivity index (χ4v) is 5.26. The van der Waals surface area contributed by atoms with Crippen molar-refractivity contribution in [3.8, 4) is 11.1 Å². The lowest BCUT2D eigenvalue weighted by molar-refractivity contribution is 0.101. The Morgan fingerprint density at radius 1 is 0.844 bits per heavy atom. The summed E-state index contributed by atoms with van der Waals surface area (Å²) in [7, 11) is 0. The van der Waals surface area contributed by atoms with Gasteiger partial charge in [0.1, 0.15) is 5.82 Å². The van der Waals surface area contributed by atoms with Crippen LogP contribution in [-0.2, 0) is 0 Å². The molecule has 1 aliphatic carbocycles. The monoisotopic (exact) mass is 436 g/mol. The number of hydrogen-bond acceptors (Lipinski definition) is 1. The van der Waals surface area contributed by atoms with Crippen molar-refractivity contribution in [1.29, 1.82) is 0 Å². The molecule has 1 fully saturated rings. The Kier molecular flexibility index (Phi) is 9.96. The molecule has 2 aromatic rings. The van der Waals surface area contributed by atoms with Crippen LogP contribution in [0.15, 0.2) is 42.5 Å². The molecule has 0 atom stereocenters. The highest BCUT2D eigenvalue weighted by Gasteiger charge is 2.23. The smallest absolute Gasteiger partial charge is 0.159 e. The molecule has 32 heavy (non-hydrogen) atoms. The zero-order valence-corrected chi connectivity index (χ0v) is 20.2. The van der Waals surface area contributed by atoms with Crippen molar-refractivity contribution in [2.75, 3.05) is 0 Å². The highest BCUT2D eigenvalue weighted by atomic mass is 19.1. The Bertz CT molecular complexity index is 830. The maximum atomic E-state index is 14.9. The largest absolute Gasteiger partial charge is 0.295 e. The maximum absolute atomic E-state index is 14.9. The molecule has 0 radical (unpaired) electrons. The van der Waals surface area contributed by atoms with Gasteiger partial charge in [-0.25, -0.2) is 4.39 Å². The molecule has 0 unspecified atom stereocenters. The Hall–Kier alpha value is -1.96. The summed E-state index contributed by atoms with van der Waals surface area (Å²) in [6.07, 6.45) is 17.5. The van der Waals surface area contributed by atoms with Crippen LogP contribution < -0.4 is 0 Å². The Balaban J connectivity index is 1.42. The highest BCUT2D eigenvalue weighted by molar-refractivity contribution is 5.94. The van der Waals surface area contributed by atoms with E-state index < -0.39 is 0 Å². The lowest BCUT2D eigenvalue weighted by Gasteiger charge is -2.29. The molecule has 0 heterocycles. The van der Waals surface area contributed by atoms with Gasteiger partial charge in [0.05, 0.1) is 0 Å². The van der Waals surface area contributed by atoms with Crippen molar-refractivity contribution in [3.05, 3.63) is 59.4 Å². The average Bonchev–Trinajstić information content (AvgIpc) is 2.81. The lowest BCUT2D eigenvalue weighted by Crippen LogP contribution is -2.13. The zero-order valence-electron chi connectivity index (χ0n) is 20.2. The van der Waals surface area contributed by atoms with Crippen molar-refractivity contribution >= 4 is 5.78 Å².